The Morgan fingerprint density at radius 3 is 2.89 bits per heavy atom. The Morgan fingerprint density at radius 1 is 1.42 bits per heavy atom. The molecular formula is C15H22ClFN2. The average molecular weight is 285 g/mol. The second kappa shape index (κ2) is 7.22. The Balaban J connectivity index is 1.94. The number of benzene rings is 1. The third kappa shape index (κ3) is 4.44. The predicted molar refractivity (Wildman–Crippen MR) is 78.0 cm³/mol. The molecule has 0 aliphatic carbocycles. The van der Waals surface area contributed by atoms with E-state index in [-0.39, 0.29) is 5.82 Å². The van der Waals surface area contributed by atoms with Gasteiger partial charge in [-0.05, 0) is 38.1 Å². The van der Waals surface area contributed by atoms with Crippen LogP contribution in [0.25, 0.3) is 0 Å². The number of halogens is 2. The molecule has 1 aliphatic rings. The standard InChI is InChI=1S/C15H22ClFN2/c1-2-19(11-14-5-3-4-8-18-14)10-12-6-7-13(16)9-15(12)17/h6-7,9,14,18H,2-5,8,10-11H2,1H3. The summed E-state index contributed by atoms with van der Waals surface area (Å²) < 4.78 is 13.8. The maximum absolute atomic E-state index is 13.8. The van der Waals surface area contributed by atoms with Gasteiger partial charge in [0.25, 0.3) is 0 Å². The molecule has 0 aromatic heterocycles. The zero-order valence-electron chi connectivity index (χ0n) is 11.5. The number of piperidine rings is 1. The van der Waals surface area contributed by atoms with Crippen molar-refractivity contribution in [2.75, 3.05) is 19.6 Å². The lowest BCUT2D eigenvalue weighted by Gasteiger charge is -2.30. The van der Waals surface area contributed by atoms with Crippen molar-refractivity contribution in [3.8, 4) is 0 Å². The van der Waals surface area contributed by atoms with Gasteiger partial charge in [-0.3, -0.25) is 4.90 Å². The molecule has 1 unspecified atom stereocenters. The van der Waals surface area contributed by atoms with Crippen LogP contribution in [0.4, 0.5) is 4.39 Å². The van der Waals surface area contributed by atoms with E-state index in [4.69, 9.17) is 11.6 Å². The highest BCUT2D eigenvalue weighted by Crippen LogP contribution is 2.17. The van der Waals surface area contributed by atoms with Gasteiger partial charge < -0.3 is 5.32 Å². The first kappa shape index (κ1) is 14.8. The van der Waals surface area contributed by atoms with Crippen LogP contribution in [0.1, 0.15) is 31.7 Å². The summed E-state index contributed by atoms with van der Waals surface area (Å²) in [6.45, 7) is 5.80. The van der Waals surface area contributed by atoms with E-state index in [0.29, 0.717) is 17.6 Å². The van der Waals surface area contributed by atoms with Crippen LogP contribution in [0.5, 0.6) is 0 Å². The van der Waals surface area contributed by atoms with Gasteiger partial charge >= 0.3 is 0 Å². The van der Waals surface area contributed by atoms with Crippen molar-refractivity contribution in [1.29, 1.82) is 0 Å². The molecule has 0 amide bonds. The number of nitrogens with one attached hydrogen (secondary N) is 1. The Kier molecular flexibility index (Phi) is 5.61. The van der Waals surface area contributed by atoms with Crippen molar-refractivity contribution in [3.63, 3.8) is 0 Å². The van der Waals surface area contributed by atoms with E-state index in [1.54, 1.807) is 12.1 Å². The van der Waals surface area contributed by atoms with Crippen LogP contribution in [0.15, 0.2) is 18.2 Å². The largest absolute Gasteiger partial charge is 0.313 e. The lowest BCUT2D eigenvalue weighted by Crippen LogP contribution is -2.43. The van der Waals surface area contributed by atoms with E-state index in [2.05, 4.69) is 17.1 Å². The number of hydrogen-bond acceptors (Lipinski definition) is 2. The van der Waals surface area contributed by atoms with Crippen LogP contribution in [-0.2, 0) is 6.54 Å². The van der Waals surface area contributed by atoms with Gasteiger partial charge in [0.1, 0.15) is 5.82 Å². The Bertz CT molecular complexity index is 405. The molecule has 1 N–H and O–H groups in total. The van der Waals surface area contributed by atoms with E-state index in [9.17, 15) is 4.39 Å². The van der Waals surface area contributed by atoms with E-state index in [1.807, 2.05) is 0 Å². The molecule has 106 valence electrons. The van der Waals surface area contributed by atoms with Gasteiger partial charge in [-0.1, -0.05) is 31.0 Å². The minimum absolute atomic E-state index is 0.206. The summed E-state index contributed by atoms with van der Waals surface area (Å²) >= 11 is 5.78. The van der Waals surface area contributed by atoms with Gasteiger partial charge in [0.2, 0.25) is 0 Å². The van der Waals surface area contributed by atoms with Gasteiger partial charge in [-0.15, -0.1) is 0 Å². The second-order valence-corrected chi connectivity index (χ2v) is 5.65. The van der Waals surface area contributed by atoms with Crippen molar-refractivity contribution in [2.45, 2.75) is 38.8 Å². The molecule has 19 heavy (non-hydrogen) atoms. The van der Waals surface area contributed by atoms with Crippen LogP contribution in [0, 0.1) is 5.82 Å². The lowest BCUT2D eigenvalue weighted by atomic mass is 10.0. The van der Waals surface area contributed by atoms with Crippen LogP contribution < -0.4 is 5.32 Å². The smallest absolute Gasteiger partial charge is 0.129 e. The summed E-state index contributed by atoms with van der Waals surface area (Å²) in [7, 11) is 0. The minimum atomic E-state index is -0.206. The SMILES string of the molecule is CCN(Cc1ccc(Cl)cc1F)CC1CCCCN1. The van der Waals surface area contributed by atoms with Gasteiger partial charge in [0.15, 0.2) is 0 Å². The maximum atomic E-state index is 13.8. The van der Waals surface area contributed by atoms with Crippen molar-refractivity contribution >= 4 is 11.6 Å². The molecule has 2 rings (SSSR count). The van der Waals surface area contributed by atoms with Gasteiger partial charge in [-0.2, -0.15) is 0 Å². The van der Waals surface area contributed by atoms with Crippen molar-refractivity contribution in [1.82, 2.24) is 10.2 Å². The average Bonchev–Trinajstić information content (AvgIpc) is 2.42. The molecule has 4 heteroatoms. The molecule has 0 bridgehead atoms. The van der Waals surface area contributed by atoms with Crippen molar-refractivity contribution in [3.05, 3.63) is 34.6 Å². The molecule has 1 aromatic rings. The van der Waals surface area contributed by atoms with E-state index >= 15 is 0 Å². The summed E-state index contributed by atoms with van der Waals surface area (Å²) in [6, 6.07) is 5.48. The topological polar surface area (TPSA) is 15.3 Å². The van der Waals surface area contributed by atoms with Crippen LogP contribution in [-0.4, -0.2) is 30.6 Å². The zero-order chi connectivity index (χ0) is 13.7. The molecule has 1 aromatic carbocycles. The second-order valence-electron chi connectivity index (χ2n) is 5.21. The zero-order valence-corrected chi connectivity index (χ0v) is 12.2. The third-order valence-electron chi connectivity index (χ3n) is 3.75. The molecule has 2 nitrogen and oxygen atoms in total. The van der Waals surface area contributed by atoms with Crippen LogP contribution in [0.2, 0.25) is 5.02 Å². The Labute approximate surface area is 119 Å². The normalized spacial score (nSPS) is 19.9. The third-order valence-corrected chi connectivity index (χ3v) is 3.98. The Morgan fingerprint density at radius 2 is 2.26 bits per heavy atom. The van der Waals surface area contributed by atoms with Gasteiger partial charge in [-0.25, -0.2) is 4.39 Å². The fourth-order valence-corrected chi connectivity index (χ4v) is 2.75. The molecular weight excluding hydrogens is 263 g/mol. The summed E-state index contributed by atoms with van der Waals surface area (Å²) in [6.07, 6.45) is 3.79. The molecule has 1 atom stereocenters. The van der Waals surface area contributed by atoms with Crippen molar-refractivity contribution < 1.29 is 4.39 Å². The first-order chi connectivity index (χ1) is 9.19. The highest BCUT2D eigenvalue weighted by molar-refractivity contribution is 6.30. The number of likely N-dealkylation sites (N-methyl/N-ethyl adjacent to an activating group) is 1. The molecule has 0 radical (unpaired) electrons. The van der Waals surface area contributed by atoms with Crippen molar-refractivity contribution in [2.24, 2.45) is 0 Å². The Hall–Kier alpha value is -0.640. The summed E-state index contributed by atoms with van der Waals surface area (Å²) in [5.74, 6) is -0.206. The quantitative estimate of drug-likeness (QED) is 0.891. The molecule has 0 spiro atoms. The van der Waals surface area contributed by atoms with E-state index in [1.165, 1.54) is 25.3 Å². The van der Waals surface area contributed by atoms with E-state index < -0.39 is 0 Å². The summed E-state index contributed by atoms with van der Waals surface area (Å²) in [4.78, 5) is 2.29. The molecule has 1 aliphatic heterocycles. The summed E-state index contributed by atoms with van der Waals surface area (Å²) in [5.41, 5.74) is 0.724. The number of hydrogen-bond donors (Lipinski definition) is 1. The first-order valence-electron chi connectivity index (χ1n) is 7.08. The van der Waals surface area contributed by atoms with Gasteiger partial charge in [0, 0.05) is 29.7 Å². The first-order valence-corrected chi connectivity index (χ1v) is 7.46. The molecule has 1 heterocycles. The monoisotopic (exact) mass is 284 g/mol. The maximum Gasteiger partial charge on any atom is 0.129 e. The molecule has 1 fully saturated rings. The highest BCUT2D eigenvalue weighted by atomic mass is 35.5. The minimum Gasteiger partial charge on any atom is -0.313 e. The van der Waals surface area contributed by atoms with Crippen LogP contribution in [0.3, 0.4) is 0 Å². The fraction of sp³-hybridized carbons (Fsp3) is 0.600. The van der Waals surface area contributed by atoms with Gasteiger partial charge in [0.05, 0.1) is 0 Å². The molecule has 1 saturated heterocycles. The molecule has 0 saturated carbocycles. The number of nitrogens with zero attached hydrogens (tertiary/aromatic N) is 1. The van der Waals surface area contributed by atoms with E-state index in [0.717, 1.165) is 25.2 Å². The fourth-order valence-electron chi connectivity index (χ4n) is 2.59. The predicted octanol–water partition coefficient (Wildman–Crippen LogP) is 3.44. The highest BCUT2D eigenvalue weighted by Gasteiger charge is 2.16. The van der Waals surface area contributed by atoms with Crippen LogP contribution >= 0.6 is 11.6 Å². The lowest BCUT2D eigenvalue weighted by molar-refractivity contribution is 0.224. The summed E-state index contributed by atoms with van der Waals surface area (Å²) in [5, 5.41) is 3.99. The number of rotatable bonds is 5.